The SMILES string of the molecule is CCNC(Cc1ncnn1C)C1CSCCN1C. The zero-order valence-corrected chi connectivity index (χ0v) is 12.3. The number of aryl methyl sites for hydroxylation is 1. The van der Waals surface area contributed by atoms with Crippen LogP contribution in [0.5, 0.6) is 0 Å². The molecule has 0 amide bonds. The van der Waals surface area contributed by atoms with Gasteiger partial charge in [-0.15, -0.1) is 0 Å². The lowest BCUT2D eigenvalue weighted by Gasteiger charge is -2.38. The van der Waals surface area contributed by atoms with Gasteiger partial charge in [0.1, 0.15) is 12.2 Å². The summed E-state index contributed by atoms with van der Waals surface area (Å²) in [6, 6.07) is 1.04. The van der Waals surface area contributed by atoms with Gasteiger partial charge in [-0.05, 0) is 13.6 Å². The number of nitrogens with one attached hydrogen (secondary N) is 1. The van der Waals surface area contributed by atoms with Crippen molar-refractivity contribution < 1.29 is 0 Å². The lowest BCUT2D eigenvalue weighted by Crippen LogP contribution is -2.53. The second-order valence-electron chi connectivity index (χ2n) is 4.79. The predicted octanol–water partition coefficient (Wildman–Crippen LogP) is 0.383. The van der Waals surface area contributed by atoms with Crippen LogP contribution in [0.3, 0.4) is 0 Å². The van der Waals surface area contributed by atoms with Gasteiger partial charge in [0.05, 0.1) is 0 Å². The van der Waals surface area contributed by atoms with E-state index in [1.165, 1.54) is 18.1 Å². The number of likely N-dealkylation sites (N-methyl/N-ethyl adjacent to an activating group) is 2. The number of thioether (sulfide) groups is 1. The fourth-order valence-corrected chi connectivity index (χ4v) is 3.75. The molecule has 1 aliphatic heterocycles. The van der Waals surface area contributed by atoms with E-state index in [9.17, 15) is 0 Å². The van der Waals surface area contributed by atoms with Gasteiger partial charge in [0.15, 0.2) is 0 Å². The van der Waals surface area contributed by atoms with Crippen molar-refractivity contribution in [3.8, 4) is 0 Å². The number of nitrogens with zero attached hydrogens (tertiary/aromatic N) is 4. The van der Waals surface area contributed by atoms with E-state index in [2.05, 4.69) is 46.0 Å². The van der Waals surface area contributed by atoms with Gasteiger partial charge in [0.25, 0.3) is 0 Å². The average Bonchev–Trinajstić information content (AvgIpc) is 2.75. The highest BCUT2D eigenvalue weighted by atomic mass is 32.2. The Hall–Kier alpha value is -0.590. The minimum atomic E-state index is 0.454. The van der Waals surface area contributed by atoms with Gasteiger partial charge in [-0.25, -0.2) is 4.98 Å². The van der Waals surface area contributed by atoms with E-state index in [0.717, 1.165) is 18.8 Å². The van der Waals surface area contributed by atoms with Gasteiger partial charge in [-0.2, -0.15) is 16.9 Å². The van der Waals surface area contributed by atoms with Crippen molar-refractivity contribution in [2.75, 3.05) is 31.6 Å². The Labute approximate surface area is 113 Å². The standard InChI is InChI=1S/C12H23N5S/c1-4-13-10(7-12-14-9-15-17(12)3)11-8-18-6-5-16(11)2/h9-11,13H,4-8H2,1-3H3. The molecule has 5 nitrogen and oxygen atoms in total. The fraction of sp³-hybridized carbons (Fsp3) is 0.833. The van der Waals surface area contributed by atoms with Crippen molar-refractivity contribution in [1.82, 2.24) is 25.0 Å². The molecule has 0 aliphatic carbocycles. The molecule has 2 rings (SSSR count). The first-order chi connectivity index (χ1) is 8.72. The largest absolute Gasteiger partial charge is 0.312 e. The zero-order chi connectivity index (χ0) is 13.0. The van der Waals surface area contributed by atoms with Gasteiger partial charge in [-0.3, -0.25) is 4.68 Å². The summed E-state index contributed by atoms with van der Waals surface area (Å²) in [5.74, 6) is 3.51. The van der Waals surface area contributed by atoms with Crippen LogP contribution in [0.2, 0.25) is 0 Å². The fourth-order valence-electron chi connectivity index (χ4n) is 2.44. The molecule has 102 valence electrons. The van der Waals surface area contributed by atoms with Crippen molar-refractivity contribution >= 4 is 11.8 Å². The molecule has 0 bridgehead atoms. The topological polar surface area (TPSA) is 46.0 Å². The van der Waals surface area contributed by atoms with Crippen LogP contribution in [0, 0.1) is 0 Å². The Balaban J connectivity index is 2.05. The minimum Gasteiger partial charge on any atom is -0.312 e. The number of rotatable bonds is 5. The molecular weight excluding hydrogens is 246 g/mol. The molecule has 1 saturated heterocycles. The summed E-state index contributed by atoms with van der Waals surface area (Å²) >= 11 is 2.05. The molecule has 0 radical (unpaired) electrons. The van der Waals surface area contributed by atoms with Gasteiger partial charge < -0.3 is 10.2 Å². The van der Waals surface area contributed by atoms with Crippen molar-refractivity contribution in [2.24, 2.45) is 7.05 Å². The normalized spacial score (nSPS) is 23.2. The molecule has 6 heteroatoms. The molecule has 1 aliphatic rings. The third-order valence-electron chi connectivity index (χ3n) is 3.58. The van der Waals surface area contributed by atoms with Crippen molar-refractivity contribution in [3.05, 3.63) is 12.2 Å². The van der Waals surface area contributed by atoms with Crippen LogP contribution in [-0.4, -0.2) is 63.4 Å². The Bertz CT molecular complexity index is 367. The first-order valence-electron chi connectivity index (χ1n) is 6.56. The van der Waals surface area contributed by atoms with E-state index in [1.54, 1.807) is 6.33 Å². The molecule has 1 fully saturated rings. The molecule has 0 aromatic carbocycles. The van der Waals surface area contributed by atoms with E-state index in [1.807, 2.05) is 11.7 Å². The van der Waals surface area contributed by atoms with Crippen molar-refractivity contribution in [1.29, 1.82) is 0 Å². The molecule has 1 N–H and O–H groups in total. The highest BCUT2D eigenvalue weighted by Crippen LogP contribution is 2.19. The second-order valence-corrected chi connectivity index (χ2v) is 5.94. The van der Waals surface area contributed by atoms with E-state index < -0.39 is 0 Å². The summed E-state index contributed by atoms with van der Waals surface area (Å²) in [5.41, 5.74) is 0. The van der Waals surface area contributed by atoms with Crippen LogP contribution in [0.4, 0.5) is 0 Å². The van der Waals surface area contributed by atoms with Crippen LogP contribution < -0.4 is 5.32 Å². The Morgan fingerprint density at radius 1 is 1.56 bits per heavy atom. The lowest BCUT2D eigenvalue weighted by atomic mass is 10.0. The summed E-state index contributed by atoms with van der Waals surface area (Å²) in [7, 11) is 4.19. The molecule has 1 aromatic rings. The summed E-state index contributed by atoms with van der Waals surface area (Å²) < 4.78 is 1.88. The number of hydrogen-bond donors (Lipinski definition) is 1. The maximum absolute atomic E-state index is 4.34. The van der Waals surface area contributed by atoms with Gasteiger partial charge in [-0.1, -0.05) is 6.92 Å². The van der Waals surface area contributed by atoms with E-state index in [0.29, 0.717) is 12.1 Å². The van der Waals surface area contributed by atoms with E-state index in [4.69, 9.17) is 0 Å². The number of hydrogen-bond acceptors (Lipinski definition) is 5. The quantitative estimate of drug-likeness (QED) is 0.837. The highest BCUT2D eigenvalue weighted by Gasteiger charge is 2.28. The molecule has 1 aromatic heterocycles. The third kappa shape index (κ3) is 3.24. The number of aromatic nitrogens is 3. The molecule has 18 heavy (non-hydrogen) atoms. The zero-order valence-electron chi connectivity index (χ0n) is 11.5. The monoisotopic (exact) mass is 269 g/mol. The molecule has 0 saturated carbocycles. The average molecular weight is 269 g/mol. The summed E-state index contributed by atoms with van der Waals surface area (Å²) in [6.07, 6.45) is 2.58. The van der Waals surface area contributed by atoms with Crippen molar-refractivity contribution in [3.63, 3.8) is 0 Å². The summed E-state index contributed by atoms with van der Waals surface area (Å²) in [6.45, 7) is 4.34. The first kappa shape index (κ1) is 13.8. The summed E-state index contributed by atoms with van der Waals surface area (Å²) in [4.78, 5) is 6.82. The van der Waals surface area contributed by atoms with Crippen LogP contribution >= 0.6 is 11.8 Å². The first-order valence-corrected chi connectivity index (χ1v) is 7.72. The van der Waals surface area contributed by atoms with E-state index in [-0.39, 0.29) is 0 Å². The molecule has 0 spiro atoms. The third-order valence-corrected chi connectivity index (χ3v) is 4.63. The summed E-state index contributed by atoms with van der Waals surface area (Å²) in [5, 5.41) is 7.77. The Morgan fingerprint density at radius 3 is 3.00 bits per heavy atom. The van der Waals surface area contributed by atoms with Gasteiger partial charge in [0, 0.05) is 43.6 Å². The lowest BCUT2D eigenvalue weighted by molar-refractivity contribution is 0.213. The molecule has 2 heterocycles. The molecule has 2 unspecified atom stereocenters. The minimum absolute atomic E-state index is 0.454. The highest BCUT2D eigenvalue weighted by molar-refractivity contribution is 7.99. The van der Waals surface area contributed by atoms with Crippen LogP contribution in [0.1, 0.15) is 12.7 Å². The maximum Gasteiger partial charge on any atom is 0.138 e. The van der Waals surface area contributed by atoms with Gasteiger partial charge in [0.2, 0.25) is 0 Å². The smallest absolute Gasteiger partial charge is 0.138 e. The van der Waals surface area contributed by atoms with Crippen LogP contribution in [-0.2, 0) is 13.5 Å². The Morgan fingerprint density at radius 2 is 2.39 bits per heavy atom. The Kier molecular flexibility index (Phi) is 5.03. The molecule has 2 atom stereocenters. The predicted molar refractivity (Wildman–Crippen MR) is 75.9 cm³/mol. The van der Waals surface area contributed by atoms with E-state index >= 15 is 0 Å². The van der Waals surface area contributed by atoms with Crippen molar-refractivity contribution in [2.45, 2.75) is 25.4 Å². The van der Waals surface area contributed by atoms with Crippen LogP contribution in [0.15, 0.2) is 6.33 Å². The van der Waals surface area contributed by atoms with Gasteiger partial charge >= 0.3 is 0 Å². The maximum atomic E-state index is 4.34. The van der Waals surface area contributed by atoms with Crippen LogP contribution in [0.25, 0.3) is 0 Å². The second kappa shape index (κ2) is 6.54. The molecular formula is C12H23N5S.